The summed E-state index contributed by atoms with van der Waals surface area (Å²) in [7, 11) is 1.33. The smallest absolute Gasteiger partial charge is 0.355 e. The van der Waals surface area contributed by atoms with Gasteiger partial charge in [-0.05, 0) is 25.0 Å². The number of methoxy groups -OCH3 is 1. The lowest BCUT2D eigenvalue weighted by Crippen LogP contribution is -2.38. The molecule has 1 amide bonds. The van der Waals surface area contributed by atoms with Gasteiger partial charge in [-0.2, -0.15) is 0 Å². The SMILES string of the molecule is COC(=O)C1CCN(c2ncnc(NNC(=O)COc3ccccc3)c2[N+](=O)[O-])CC1. The standard InChI is InChI=1S/C19H22N6O6/c1-30-19(27)13-7-9-24(10-8-13)18-16(25(28)29)17(20-12-21-18)23-22-15(26)11-31-14-5-3-2-4-6-14/h2-6,12-13H,7-11H2,1H3,(H,22,26)(H,20,21,23). The van der Waals surface area contributed by atoms with Crippen LogP contribution in [-0.2, 0) is 14.3 Å². The number of hydrogen-bond acceptors (Lipinski definition) is 10. The number of nitrogens with one attached hydrogen (secondary N) is 2. The molecule has 0 spiro atoms. The number of ether oxygens (including phenoxy) is 2. The molecule has 0 saturated carbocycles. The van der Waals surface area contributed by atoms with Crippen molar-refractivity contribution in [3.63, 3.8) is 0 Å². The van der Waals surface area contributed by atoms with Gasteiger partial charge in [0.2, 0.25) is 11.6 Å². The Labute approximate surface area is 177 Å². The fraction of sp³-hybridized carbons (Fsp3) is 0.368. The zero-order valence-corrected chi connectivity index (χ0v) is 16.8. The molecule has 1 aromatic carbocycles. The number of nitrogens with zero attached hydrogens (tertiary/aromatic N) is 4. The number of anilines is 2. The Hall–Kier alpha value is -3.96. The normalized spacial score (nSPS) is 13.9. The van der Waals surface area contributed by atoms with E-state index < -0.39 is 10.8 Å². The first-order chi connectivity index (χ1) is 15.0. The zero-order chi connectivity index (χ0) is 22.2. The number of carbonyl (C=O) groups is 2. The van der Waals surface area contributed by atoms with Crippen molar-refractivity contribution in [3.05, 3.63) is 46.8 Å². The number of rotatable bonds is 8. The lowest BCUT2D eigenvalue weighted by atomic mass is 9.97. The van der Waals surface area contributed by atoms with E-state index in [4.69, 9.17) is 9.47 Å². The molecule has 0 radical (unpaired) electrons. The van der Waals surface area contributed by atoms with E-state index in [1.807, 2.05) is 6.07 Å². The summed E-state index contributed by atoms with van der Waals surface area (Å²) in [6, 6.07) is 8.76. The molecule has 1 aliphatic heterocycles. The first-order valence-electron chi connectivity index (χ1n) is 9.54. The van der Waals surface area contributed by atoms with Gasteiger partial charge in [0.1, 0.15) is 12.1 Å². The van der Waals surface area contributed by atoms with Crippen LogP contribution in [0.3, 0.4) is 0 Å². The average molecular weight is 430 g/mol. The van der Waals surface area contributed by atoms with E-state index in [2.05, 4.69) is 20.8 Å². The molecule has 12 heteroatoms. The lowest BCUT2D eigenvalue weighted by molar-refractivity contribution is -0.383. The average Bonchev–Trinajstić information content (AvgIpc) is 2.81. The van der Waals surface area contributed by atoms with Crippen LogP contribution in [0.4, 0.5) is 17.3 Å². The third-order valence-electron chi connectivity index (χ3n) is 4.75. The van der Waals surface area contributed by atoms with Gasteiger partial charge in [0.25, 0.3) is 5.91 Å². The van der Waals surface area contributed by atoms with Gasteiger partial charge in [-0.3, -0.25) is 30.6 Å². The van der Waals surface area contributed by atoms with Crippen LogP contribution in [0.1, 0.15) is 12.8 Å². The summed E-state index contributed by atoms with van der Waals surface area (Å²) < 4.78 is 10.1. The molecule has 164 valence electrons. The van der Waals surface area contributed by atoms with Gasteiger partial charge in [0.15, 0.2) is 6.61 Å². The number of hydrazine groups is 1. The summed E-state index contributed by atoms with van der Waals surface area (Å²) in [5.74, 6) is -0.609. The number of hydrogen-bond donors (Lipinski definition) is 2. The second-order valence-electron chi connectivity index (χ2n) is 6.71. The minimum Gasteiger partial charge on any atom is -0.484 e. The Morgan fingerprint density at radius 3 is 2.58 bits per heavy atom. The molecular weight excluding hydrogens is 408 g/mol. The highest BCUT2D eigenvalue weighted by Gasteiger charge is 2.32. The van der Waals surface area contributed by atoms with Gasteiger partial charge in [-0.1, -0.05) is 18.2 Å². The molecule has 1 aromatic heterocycles. The second-order valence-corrected chi connectivity index (χ2v) is 6.71. The molecular formula is C19H22N6O6. The molecule has 0 unspecified atom stereocenters. The van der Waals surface area contributed by atoms with Crippen LogP contribution >= 0.6 is 0 Å². The van der Waals surface area contributed by atoms with Gasteiger partial charge in [-0.15, -0.1) is 0 Å². The lowest BCUT2D eigenvalue weighted by Gasteiger charge is -2.31. The quantitative estimate of drug-likeness (QED) is 0.356. The van der Waals surface area contributed by atoms with Crippen molar-refractivity contribution >= 4 is 29.2 Å². The Morgan fingerprint density at radius 1 is 1.23 bits per heavy atom. The molecule has 0 bridgehead atoms. The molecule has 31 heavy (non-hydrogen) atoms. The van der Waals surface area contributed by atoms with Crippen molar-refractivity contribution < 1.29 is 24.0 Å². The molecule has 1 saturated heterocycles. The van der Waals surface area contributed by atoms with Gasteiger partial charge < -0.3 is 14.4 Å². The van der Waals surface area contributed by atoms with Gasteiger partial charge in [-0.25, -0.2) is 9.97 Å². The van der Waals surface area contributed by atoms with Crippen molar-refractivity contribution in [2.24, 2.45) is 5.92 Å². The number of benzene rings is 1. The number of amides is 1. The van der Waals surface area contributed by atoms with Gasteiger partial charge in [0.05, 0.1) is 18.0 Å². The highest BCUT2D eigenvalue weighted by molar-refractivity contribution is 5.80. The monoisotopic (exact) mass is 430 g/mol. The van der Waals surface area contributed by atoms with Crippen molar-refractivity contribution in [1.82, 2.24) is 15.4 Å². The molecule has 2 N–H and O–H groups in total. The Kier molecular flexibility index (Phi) is 7.14. The molecule has 3 rings (SSSR count). The fourth-order valence-electron chi connectivity index (χ4n) is 3.18. The number of para-hydroxylation sites is 1. The van der Waals surface area contributed by atoms with Crippen LogP contribution in [0.5, 0.6) is 5.75 Å². The van der Waals surface area contributed by atoms with Crippen molar-refractivity contribution in [3.8, 4) is 5.75 Å². The molecule has 1 aliphatic rings. The van der Waals surface area contributed by atoms with Crippen molar-refractivity contribution in [2.45, 2.75) is 12.8 Å². The third kappa shape index (κ3) is 5.56. The zero-order valence-electron chi connectivity index (χ0n) is 16.8. The predicted molar refractivity (Wildman–Crippen MR) is 109 cm³/mol. The summed E-state index contributed by atoms with van der Waals surface area (Å²) in [6.07, 6.45) is 2.15. The van der Waals surface area contributed by atoms with Crippen LogP contribution in [-0.4, -0.2) is 53.6 Å². The van der Waals surface area contributed by atoms with E-state index in [9.17, 15) is 19.7 Å². The van der Waals surface area contributed by atoms with E-state index in [-0.39, 0.29) is 35.8 Å². The largest absolute Gasteiger partial charge is 0.484 e. The Balaban J connectivity index is 1.64. The number of esters is 1. The Bertz CT molecular complexity index is 933. The number of piperidine rings is 1. The van der Waals surface area contributed by atoms with E-state index in [1.54, 1.807) is 29.2 Å². The van der Waals surface area contributed by atoms with Crippen LogP contribution in [0.25, 0.3) is 0 Å². The van der Waals surface area contributed by atoms with Crippen LogP contribution in [0.15, 0.2) is 36.7 Å². The predicted octanol–water partition coefficient (Wildman–Crippen LogP) is 1.30. The van der Waals surface area contributed by atoms with Crippen LogP contribution < -0.4 is 20.5 Å². The maximum Gasteiger partial charge on any atom is 0.355 e. The van der Waals surface area contributed by atoms with Crippen LogP contribution in [0.2, 0.25) is 0 Å². The maximum absolute atomic E-state index is 12.0. The molecule has 0 atom stereocenters. The summed E-state index contributed by atoms with van der Waals surface area (Å²) >= 11 is 0. The fourth-order valence-corrected chi connectivity index (χ4v) is 3.18. The molecule has 1 fully saturated rings. The highest BCUT2D eigenvalue weighted by Crippen LogP contribution is 2.33. The first kappa shape index (κ1) is 21.7. The van der Waals surface area contributed by atoms with Gasteiger partial charge in [0, 0.05) is 13.1 Å². The summed E-state index contributed by atoms with van der Waals surface area (Å²) in [4.78, 5) is 44.5. The summed E-state index contributed by atoms with van der Waals surface area (Å²) in [5, 5.41) is 11.7. The van der Waals surface area contributed by atoms with E-state index >= 15 is 0 Å². The first-order valence-corrected chi connectivity index (χ1v) is 9.54. The molecule has 2 heterocycles. The van der Waals surface area contributed by atoms with E-state index in [1.165, 1.54) is 13.4 Å². The van der Waals surface area contributed by atoms with Crippen molar-refractivity contribution in [1.29, 1.82) is 0 Å². The minimum atomic E-state index is -0.614. The highest BCUT2D eigenvalue weighted by atomic mass is 16.6. The number of aromatic nitrogens is 2. The van der Waals surface area contributed by atoms with Crippen LogP contribution in [0, 0.1) is 16.0 Å². The number of carbonyl (C=O) groups excluding carboxylic acids is 2. The second kappa shape index (κ2) is 10.2. The topological polar surface area (TPSA) is 149 Å². The maximum atomic E-state index is 12.0. The molecule has 12 nitrogen and oxygen atoms in total. The summed E-state index contributed by atoms with van der Waals surface area (Å²) in [5.41, 5.74) is 4.44. The van der Waals surface area contributed by atoms with Gasteiger partial charge >= 0.3 is 11.7 Å². The third-order valence-corrected chi connectivity index (χ3v) is 4.75. The number of nitro groups is 1. The Morgan fingerprint density at radius 2 is 1.94 bits per heavy atom. The molecule has 0 aliphatic carbocycles. The minimum absolute atomic E-state index is 0.112. The molecule has 2 aromatic rings. The van der Waals surface area contributed by atoms with E-state index in [0.717, 1.165) is 0 Å². The van der Waals surface area contributed by atoms with E-state index in [0.29, 0.717) is 31.7 Å². The van der Waals surface area contributed by atoms with Crippen molar-refractivity contribution in [2.75, 3.05) is 37.1 Å². The summed E-state index contributed by atoms with van der Waals surface area (Å²) in [6.45, 7) is 0.506.